The second-order valence-electron chi connectivity index (χ2n) is 18.2. The van der Waals surface area contributed by atoms with Gasteiger partial charge in [0.05, 0.1) is 18.8 Å². The van der Waals surface area contributed by atoms with Crippen molar-refractivity contribution in [2.45, 2.75) is 308 Å². The van der Waals surface area contributed by atoms with Crippen LogP contribution in [0.1, 0.15) is 284 Å². The molecule has 5 N–H and O–H groups in total. The quantitative estimate of drug-likeness (QED) is 0.0310. The highest BCUT2D eigenvalue weighted by molar-refractivity contribution is 5.80. The van der Waals surface area contributed by atoms with E-state index in [9.17, 15) is 25.2 Å². The van der Waals surface area contributed by atoms with Crippen molar-refractivity contribution in [1.29, 1.82) is 0 Å². The summed E-state index contributed by atoms with van der Waals surface area (Å²) in [6.45, 7) is 4.06. The molecule has 0 saturated heterocycles. The molecule has 4 atom stereocenters. The van der Waals surface area contributed by atoms with Crippen LogP contribution < -0.4 is 5.32 Å². The molecule has 0 fully saturated rings. The number of aliphatic hydroxyl groups excluding tert-OH is 4. The monoisotopic (exact) mass is 822 g/mol. The van der Waals surface area contributed by atoms with Crippen molar-refractivity contribution >= 4 is 5.91 Å². The van der Waals surface area contributed by atoms with Gasteiger partial charge in [0.2, 0.25) is 5.91 Å². The van der Waals surface area contributed by atoms with E-state index in [1.54, 1.807) is 0 Å². The average Bonchev–Trinajstić information content (AvgIpc) is 3.23. The third-order valence-corrected chi connectivity index (χ3v) is 12.5. The molecule has 0 aliphatic carbocycles. The summed E-state index contributed by atoms with van der Waals surface area (Å²) in [6, 6.07) is -0.985. The molecule has 6 heteroatoms. The summed E-state index contributed by atoms with van der Waals surface area (Å²) in [5.74, 6) is -0.586. The number of rotatable bonds is 48. The SMILES string of the molecule is CCCCCC/C=C\CCCCCCCCC(O)C(=O)NC(CO)C(O)C(O)CCCCCCCCCCCCCCCCCCCCCCCCCCCCCC. The third-order valence-electron chi connectivity index (χ3n) is 12.5. The van der Waals surface area contributed by atoms with Crippen molar-refractivity contribution in [3.8, 4) is 0 Å². The van der Waals surface area contributed by atoms with Crippen LogP contribution in [0.4, 0.5) is 0 Å². The topological polar surface area (TPSA) is 110 Å². The van der Waals surface area contributed by atoms with Gasteiger partial charge < -0.3 is 25.7 Å². The Morgan fingerprint density at radius 3 is 1.02 bits per heavy atom. The highest BCUT2D eigenvalue weighted by atomic mass is 16.3. The summed E-state index contributed by atoms with van der Waals surface area (Å²) in [5, 5.41) is 43.8. The highest BCUT2D eigenvalue weighted by Gasteiger charge is 2.28. The standard InChI is InChI=1S/C52H103NO5/c1-3-5-7-9-11-13-15-17-19-20-21-22-23-24-25-26-27-28-29-30-31-32-34-35-37-39-41-43-45-49(55)51(57)48(47-54)53-52(58)50(56)46-44-42-40-38-36-33-18-16-14-12-10-8-6-4-2/h14,16,48-51,54-57H,3-13,15,17-47H2,1-2H3,(H,53,58)/b16-14-. The molecule has 58 heavy (non-hydrogen) atoms. The van der Waals surface area contributed by atoms with Crippen molar-refractivity contribution in [1.82, 2.24) is 5.32 Å². The minimum Gasteiger partial charge on any atom is -0.394 e. The molecule has 0 spiro atoms. The first-order chi connectivity index (χ1) is 28.5. The third kappa shape index (κ3) is 40.5. The highest BCUT2D eigenvalue weighted by Crippen LogP contribution is 2.18. The molecule has 0 aromatic carbocycles. The number of carbonyl (C=O) groups excluding carboxylic acids is 1. The Hall–Kier alpha value is -0.950. The number of nitrogens with one attached hydrogen (secondary N) is 1. The predicted molar refractivity (Wildman–Crippen MR) is 251 cm³/mol. The van der Waals surface area contributed by atoms with Crippen LogP contribution in [0.25, 0.3) is 0 Å². The van der Waals surface area contributed by atoms with E-state index >= 15 is 0 Å². The van der Waals surface area contributed by atoms with Crippen LogP contribution in [0.5, 0.6) is 0 Å². The summed E-state index contributed by atoms with van der Waals surface area (Å²) < 4.78 is 0. The lowest BCUT2D eigenvalue weighted by atomic mass is 9.99. The minimum atomic E-state index is -1.26. The molecule has 0 rings (SSSR count). The second kappa shape index (κ2) is 47.1. The van der Waals surface area contributed by atoms with Crippen LogP contribution in [0.15, 0.2) is 12.2 Å². The van der Waals surface area contributed by atoms with Crippen molar-refractivity contribution in [3.05, 3.63) is 12.2 Å². The van der Waals surface area contributed by atoms with E-state index in [1.807, 2.05) is 0 Å². The van der Waals surface area contributed by atoms with Gasteiger partial charge in [0.1, 0.15) is 12.2 Å². The Balaban J connectivity index is 3.58. The Morgan fingerprint density at radius 1 is 0.414 bits per heavy atom. The van der Waals surface area contributed by atoms with Gasteiger partial charge in [0, 0.05) is 0 Å². The molecule has 6 nitrogen and oxygen atoms in total. The lowest BCUT2D eigenvalue weighted by molar-refractivity contribution is -0.132. The first-order valence-electron chi connectivity index (χ1n) is 26.1. The van der Waals surface area contributed by atoms with E-state index in [-0.39, 0.29) is 0 Å². The van der Waals surface area contributed by atoms with Crippen LogP contribution in [0.2, 0.25) is 0 Å². The molecule has 0 bridgehead atoms. The van der Waals surface area contributed by atoms with Gasteiger partial charge in [-0.05, 0) is 38.5 Å². The van der Waals surface area contributed by atoms with Crippen LogP contribution in [-0.2, 0) is 4.79 Å². The van der Waals surface area contributed by atoms with E-state index in [0.717, 1.165) is 44.9 Å². The number of carbonyl (C=O) groups is 1. The molecule has 0 aliphatic heterocycles. The van der Waals surface area contributed by atoms with Crippen LogP contribution in [0, 0.1) is 0 Å². The molecular formula is C52H103NO5. The molecule has 0 aliphatic rings. The summed E-state index contributed by atoms with van der Waals surface area (Å²) in [7, 11) is 0. The minimum absolute atomic E-state index is 0.364. The van der Waals surface area contributed by atoms with E-state index in [0.29, 0.717) is 12.8 Å². The van der Waals surface area contributed by atoms with Gasteiger partial charge in [-0.15, -0.1) is 0 Å². The molecule has 0 saturated carbocycles. The summed E-state index contributed by atoms with van der Waals surface area (Å²) in [6.07, 6.45) is 54.2. The maximum Gasteiger partial charge on any atom is 0.249 e. The predicted octanol–water partition coefficient (Wildman–Crippen LogP) is 14.5. The van der Waals surface area contributed by atoms with Crippen LogP contribution >= 0.6 is 0 Å². The fourth-order valence-corrected chi connectivity index (χ4v) is 8.34. The lowest BCUT2D eigenvalue weighted by Gasteiger charge is -2.27. The van der Waals surface area contributed by atoms with Gasteiger partial charge in [0.15, 0.2) is 0 Å². The fourth-order valence-electron chi connectivity index (χ4n) is 8.34. The first kappa shape index (κ1) is 57.1. The van der Waals surface area contributed by atoms with Crippen molar-refractivity contribution < 1.29 is 25.2 Å². The number of unbranched alkanes of at least 4 members (excludes halogenated alkanes) is 37. The molecule has 4 unspecified atom stereocenters. The Morgan fingerprint density at radius 2 is 0.690 bits per heavy atom. The molecule has 0 aromatic heterocycles. The van der Waals surface area contributed by atoms with Crippen LogP contribution in [-0.4, -0.2) is 57.3 Å². The number of amides is 1. The molecule has 1 amide bonds. The van der Waals surface area contributed by atoms with Crippen molar-refractivity contribution in [2.24, 2.45) is 0 Å². The Bertz CT molecular complexity index is 837. The van der Waals surface area contributed by atoms with Gasteiger partial charge in [0.25, 0.3) is 0 Å². The normalized spacial score (nSPS) is 14.0. The van der Waals surface area contributed by atoms with E-state index < -0.39 is 36.9 Å². The van der Waals surface area contributed by atoms with Gasteiger partial charge in [-0.25, -0.2) is 0 Å². The number of allylic oxidation sites excluding steroid dienone is 2. The number of aliphatic hydroxyl groups is 4. The zero-order valence-electron chi connectivity index (χ0n) is 39.1. The molecular weight excluding hydrogens is 719 g/mol. The second-order valence-corrected chi connectivity index (χ2v) is 18.2. The van der Waals surface area contributed by atoms with Crippen molar-refractivity contribution in [3.63, 3.8) is 0 Å². The zero-order valence-corrected chi connectivity index (χ0v) is 39.1. The van der Waals surface area contributed by atoms with Crippen LogP contribution in [0.3, 0.4) is 0 Å². The van der Waals surface area contributed by atoms with E-state index in [4.69, 9.17) is 0 Å². The van der Waals surface area contributed by atoms with E-state index in [1.165, 1.54) is 212 Å². The first-order valence-corrected chi connectivity index (χ1v) is 26.1. The van der Waals surface area contributed by atoms with E-state index in [2.05, 4.69) is 31.3 Å². The molecule has 0 heterocycles. The molecule has 346 valence electrons. The van der Waals surface area contributed by atoms with Gasteiger partial charge in [-0.2, -0.15) is 0 Å². The maximum absolute atomic E-state index is 12.5. The molecule has 0 aromatic rings. The van der Waals surface area contributed by atoms with Crippen molar-refractivity contribution in [2.75, 3.05) is 6.61 Å². The summed E-state index contributed by atoms with van der Waals surface area (Å²) in [4.78, 5) is 12.5. The summed E-state index contributed by atoms with van der Waals surface area (Å²) >= 11 is 0. The Kier molecular flexibility index (Phi) is 46.3. The fraction of sp³-hybridized carbons (Fsp3) is 0.942. The lowest BCUT2D eigenvalue weighted by Crippen LogP contribution is -2.53. The largest absolute Gasteiger partial charge is 0.394 e. The van der Waals surface area contributed by atoms with Gasteiger partial charge >= 0.3 is 0 Å². The maximum atomic E-state index is 12.5. The average molecular weight is 822 g/mol. The molecule has 0 radical (unpaired) electrons. The number of hydrogen-bond donors (Lipinski definition) is 5. The van der Waals surface area contributed by atoms with Gasteiger partial charge in [-0.3, -0.25) is 4.79 Å². The number of hydrogen-bond acceptors (Lipinski definition) is 5. The zero-order chi connectivity index (χ0) is 42.4. The Labute approximate surface area is 362 Å². The summed E-state index contributed by atoms with van der Waals surface area (Å²) in [5.41, 5.74) is 0. The van der Waals surface area contributed by atoms with Gasteiger partial charge in [-0.1, -0.05) is 257 Å². The smallest absolute Gasteiger partial charge is 0.249 e.